The Morgan fingerprint density at radius 2 is 1.77 bits per heavy atom. The number of piperidine rings is 1. The zero-order chi connectivity index (χ0) is 27.9. The molecule has 0 radical (unpaired) electrons. The number of para-hydroxylation sites is 1. The van der Waals surface area contributed by atoms with E-state index in [1.54, 1.807) is 49.8 Å². The summed E-state index contributed by atoms with van der Waals surface area (Å²) < 4.78 is 0. The van der Waals surface area contributed by atoms with Crippen molar-refractivity contribution in [2.24, 2.45) is 5.41 Å². The fourth-order valence-corrected chi connectivity index (χ4v) is 6.30. The van der Waals surface area contributed by atoms with Crippen molar-refractivity contribution in [3.8, 4) is 0 Å². The predicted molar refractivity (Wildman–Crippen MR) is 151 cm³/mol. The molecule has 6 rings (SSSR count). The minimum Gasteiger partial charge on any atom is -0.355 e. The molecule has 2 aliphatic rings. The van der Waals surface area contributed by atoms with E-state index in [0.29, 0.717) is 65.5 Å². The molecular formula is C30H29ClN6O3. The van der Waals surface area contributed by atoms with Crippen LogP contribution in [-0.2, 0) is 11.3 Å². The van der Waals surface area contributed by atoms with Crippen LogP contribution in [0.1, 0.15) is 50.9 Å². The van der Waals surface area contributed by atoms with E-state index in [-0.39, 0.29) is 30.2 Å². The highest BCUT2D eigenvalue weighted by Gasteiger charge is 2.52. The molecule has 4 aromatic rings. The molecule has 9 nitrogen and oxygen atoms in total. The molecule has 2 N–H and O–H groups in total. The van der Waals surface area contributed by atoms with Crippen molar-refractivity contribution in [1.29, 1.82) is 0 Å². The van der Waals surface area contributed by atoms with Gasteiger partial charge in [0.1, 0.15) is 5.82 Å². The monoisotopic (exact) mass is 556 g/mol. The normalized spacial score (nSPS) is 18.2. The number of aromatic nitrogens is 3. The number of nitrogens with one attached hydrogen (secondary N) is 2. The number of nitrogens with zero attached hydrogens (tertiary/aromatic N) is 4. The second kappa shape index (κ2) is 10.4. The third-order valence-electron chi connectivity index (χ3n) is 8.27. The van der Waals surface area contributed by atoms with Crippen LogP contribution in [0.25, 0.3) is 11.0 Å². The van der Waals surface area contributed by atoms with Gasteiger partial charge in [-0.2, -0.15) is 0 Å². The minimum atomic E-state index is -0.524. The van der Waals surface area contributed by atoms with Gasteiger partial charge in [-0.05, 0) is 54.8 Å². The number of halogens is 1. The second-order valence-corrected chi connectivity index (χ2v) is 10.9. The minimum absolute atomic E-state index is 0.0596. The summed E-state index contributed by atoms with van der Waals surface area (Å²) in [4.78, 5) is 55.0. The lowest BCUT2D eigenvalue weighted by atomic mass is 9.68. The summed E-state index contributed by atoms with van der Waals surface area (Å²) in [6.07, 6.45) is 4.70. The van der Waals surface area contributed by atoms with Gasteiger partial charge in [0.25, 0.3) is 11.8 Å². The lowest BCUT2D eigenvalue weighted by Gasteiger charge is -2.41. The van der Waals surface area contributed by atoms with Gasteiger partial charge in [-0.25, -0.2) is 4.98 Å². The van der Waals surface area contributed by atoms with E-state index in [0.717, 1.165) is 5.56 Å². The highest BCUT2D eigenvalue weighted by Crippen LogP contribution is 2.47. The molecule has 1 unspecified atom stereocenters. The van der Waals surface area contributed by atoms with Gasteiger partial charge < -0.3 is 20.1 Å². The van der Waals surface area contributed by atoms with Gasteiger partial charge in [-0.3, -0.25) is 19.4 Å². The van der Waals surface area contributed by atoms with Gasteiger partial charge >= 0.3 is 0 Å². The quantitative estimate of drug-likeness (QED) is 0.386. The van der Waals surface area contributed by atoms with E-state index >= 15 is 0 Å². The maximum absolute atomic E-state index is 13.7. The first-order chi connectivity index (χ1) is 19.4. The van der Waals surface area contributed by atoms with E-state index in [1.165, 1.54) is 4.90 Å². The molecule has 204 valence electrons. The van der Waals surface area contributed by atoms with Crippen LogP contribution in [0.3, 0.4) is 0 Å². The molecule has 0 aliphatic carbocycles. The first kappa shape index (κ1) is 26.0. The Bertz CT molecular complexity index is 1600. The van der Waals surface area contributed by atoms with Crippen molar-refractivity contribution < 1.29 is 14.4 Å². The number of hydrogen-bond donors (Lipinski definition) is 2. The Morgan fingerprint density at radius 3 is 2.52 bits per heavy atom. The number of hydrogen-bond acceptors (Lipinski definition) is 5. The number of rotatable bonds is 5. The average Bonchev–Trinajstić information content (AvgIpc) is 3.53. The van der Waals surface area contributed by atoms with Gasteiger partial charge in [0, 0.05) is 45.0 Å². The van der Waals surface area contributed by atoms with E-state index in [4.69, 9.17) is 11.6 Å². The molecule has 3 amide bonds. The molecule has 10 heteroatoms. The van der Waals surface area contributed by atoms with Gasteiger partial charge in [-0.15, -0.1) is 0 Å². The van der Waals surface area contributed by atoms with Crippen molar-refractivity contribution in [3.05, 3.63) is 94.5 Å². The second-order valence-electron chi connectivity index (χ2n) is 10.5. The average molecular weight is 557 g/mol. The van der Waals surface area contributed by atoms with Crippen molar-refractivity contribution in [1.82, 2.24) is 30.1 Å². The Labute approximate surface area is 236 Å². The van der Waals surface area contributed by atoms with E-state index in [9.17, 15) is 14.4 Å². The number of amides is 3. The molecule has 40 heavy (non-hydrogen) atoms. The number of aromatic amines is 1. The van der Waals surface area contributed by atoms with Crippen molar-refractivity contribution in [2.45, 2.75) is 25.3 Å². The van der Waals surface area contributed by atoms with Crippen LogP contribution < -0.4 is 5.32 Å². The lowest BCUT2D eigenvalue weighted by Crippen LogP contribution is -2.48. The smallest absolute Gasteiger partial charge is 0.256 e. The third kappa shape index (κ3) is 4.50. The standard InChI is InChI=1S/C30H29ClN6O3/c1-36(27(38)20-5-2-3-7-23(20)31)18-25-34-24-8-4-6-21(26(24)35-25)28(39)37-15-11-30(12-16-37)22(17-33-29(30)40)19-9-13-32-14-10-19/h2-10,13-14,22H,11-12,15-18H2,1H3,(H,33,40)(H,34,35). The number of H-pyrrole nitrogens is 1. The Kier molecular flexibility index (Phi) is 6.75. The molecule has 1 atom stereocenters. The highest BCUT2D eigenvalue weighted by molar-refractivity contribution is 6.33. The van der Waals surface area contributed by atoms with Crippen LogP contribution >= 0.6 is 11.6 Å². The van der Waals surface area contributed by atoms with Gasteiger partial charge in [0.15, 0.2) is 0 Å². The molecule has 1 spiro atoms. The van der Waals surface area contributed by atoms with E-state index < -0.39 is 5.41 Å². The largest absolute Gasteiger partial charge is 0.355 e. The summed E-state index contributed by atoms with van der Waals surface area (Å²) in [5.41, 5.74) is 2.80. The molecular weight excluding hydrogens is 528 g/mol. The molecule has 4 heterocycles. The SMILES string of the molecule is CN(Cc1nc2cccc(C(=O)N3CCC4(CC3)C(=O)NCC4c3ccncc3)c2[nH]1)C(=O)c1ccccc1Cl. The fourth-order valence-electron chi connectivity index (χ4n) is 6.08. The van der Waals surface area contributed by atoms with Crippen molar-refractivity contribution in [3.63, 3.8) is 0 Å². The lowest BCUT2D eigenvalue weighted by molar-refractivity contribution is -0.130. The number of benzene rings is 2. The number of fused-ring (bicyclic) bond motifs is 1. The number of carbonyl (C=O) groups excluding carboxylic acids is 3. The van der Waals surface area contributed by atoms with E-state index in [2.05, 4.69) is 20.3 Å². The summed E-state index contributed by atoms with van der Waals surface area (Å²) >= 11 is 6.21. The van der Waals surface area contributed by atoms with Crippen LogP contribution in [0.4, 0.5) is 0 Å². The summed E-state index contributed by atoms with van der Waals surface area (Å²) in [5.74, 6) is 0.376. The Balaban J connectivity index is 1.19. The van der Waals surface area contributed by atoms with E-state index in [1.807, 2.05) is 29.2 Å². The van der Waals surface area contributed by atoms with Crippen molar-refractivity contribution in [2.75, 3.05) is 26.7 Å². The maximum Gasteiger partial charge on any atom is 0.256 e. The Morgan fingerprint density at radius 1 is 1.05 bits per heavy atom. The molecule has 2 saturated heterocycles. The van der Waals surface area contributed by atoms with Gasteiger partial charge in [0.05, 0.1) is 39.1 Å². The third-order valence-corrected chi connectivity index (χ3v) is 8.60. The molecule has 2 aromatic heterocycles. The first-order valence-corrected chi connectivity index (χ1v) is 13.7. The van der Waals surface area contributed by atoms with Crippen LogP contribution in [0.5, 0.6) is 0 Å². The summed E-state index contributed by atoms with van der Waals surface area (Å²) in [6.45, 7) is 1.80. The molecule has 0 saturated carbocycles. The van der Waals surface area contributed by atoms with Crippen molar-refractivity contribution >= 4 is 40.4 Å². The predicted octanol–water partition coefficient (Wildman–Crippen LogP) is 4.02. The van der Waals surface area contributed by atoms with Crippen LogP contribution in [-0.4, -0.2) is 69.2 Å². The zero-order valence-electron chi connectivity index (χ0n) is 22.1. The zero-order valence-corrected chi connectivity index (χ0v) is 22.8. The first-order valence-electron chi connectivity index (χ1n) is 13.3. The number of likely N-dealkylation sites (tertiary alicyclic amines) is 1. The van der Waals surface area contributed by atoms with Gasteiger partial charge in [-0.1, -0.05) is 29.8 Å². The summed E-state index contributed by atoms with van der Waals surface area (Å²) in [6, 6.07) is 16.3. The Hall–Kier alpha value is -4.24. The van der Waals surface area contributed by atoms with Crippen LogP contribution in [0, 0.1) is 5.41 Å². The molecule has 2 fully saturated rings. The molecule has 0 bridgehead atoms. The number of pyridine rings is 1. The van der Waals surface area contributed by atoms with Gasteiger partial charge in [0.2, 0.25) is 5.91 Å². The topological polar surface area (TPSA) is 111 Å². The fraction of sp³-hybridized carbons (Fsp3) is 0.300. The molecule has 2 aromatic carbocycles. The number of imidazole rings is 1. The van der Waals surface area contributed by atoms with Crippen LogP contribution in [0.2, 0.25) is 5.02 Å². The van der Waals surface area contributed by atoms with Crippen LogP contribution in [0.15, 0.2) is 67.0 Å². The summed E-state index contributed by atoms with van der Waals surface area (Å²) in [5, 5.41) is 3.45. The highest BCUT2D eigenvalue weighted by atomic mass is 35.5. The summed E-state index contributed by atoms with van der Waals surface area (Å²) in [7, 11) is 1.69. The molecule has 2 aliphatic heterocycles. The maximum atomic E-state index is 13.7. The number of carbonyl (C=O) groups is 3.